The Morgan fingerprint density at radius 1 is 0.795 bits per heavy atom. The maximum atomic E-state index is 13.6. The number of carbonyl (C=O) groups is 2. The fourth-order valence-corrected chi connectivity index (χ4v) is 5.27. The molecule has 0 radical (unpaired) electrons. The van der Waals surface area contributed by atoms with Gasteiger partial charge in [-0.25, -0.2) is 9.59 Å². The molecule has 0 saturated heterocycles. The average molecular weight is 638 g/mol. The van der Waals surface area contributed by atoms with E-state index in [1.54, 1.807) is 74.5 Å². The smallest absolute Gasteiger partial charge is 0.416 e. The highest BCUT2D eigenvalue weighted by molar-refractivity contribution is 7.53. The van der Waals surface area contributed by atoms with Crippen LogP contribution >= 0.6 is 7.60 Å². The van der Waals surface area contributed by atoms with Crippen molar-refractivity contribution in [2.75, 3.05) is 36.7 Å². The molecule has 3 N–H and O–H groups in total. The third-order valence-electron chi connectivity index (χ3n) is 5.97. The number of esters is 1. The summed E-state index contributed by atoms with van der Waals surface area (Å²) in [7, 11) is -3.60. The quantitative estimate of drug-likeness (QED) is 0.115. The van der Waals surface area contributed by atoms with Crippen LogP contribution in [-0.2, 0) is 47.3 Å². The number of benzene rings is 3. The summed E-state index contributed by atoms with van der Waals surface area (Å²) in [6.07, 6.45) is -5.94. The number of halogens is 3. The molecule has 10 nitrogen and oxygen atoms in total. The van der Waals surface area contributed by atoms with Crippen molar-refractivity contribution >= 4 is 31.0 Å². The van der Waals surface area contributed by atoms with E-state index >= 15 is 0 Å². The monoisotopic (exact) mass is 637 g/mol. The van der Waals surface area contributed by atoms with Gasteiger partial charge in [-0.15, -0.1) is 0 Å². The molecule has 3 aromatic carbocycles. The Labute approximate surface area is 253 Å². The van der Waals surface area contributed by atoms with Gasteiger partial charge in [-0.2, -0.15) is 13.2 Å². The van der Waals surface area contributed by atoms with E-state index in [0.29, 0.717) is 11.1 Å². The van der Waals surface area contributed by atoms with Crippen molar-refractivity contribution in [1.29, 1.82) is 0 Å². The van der Waals surface area contributed by atoms with Crippen LogP contribution in [0.1, 0.15) is 30.5 Å². The molecule has 3 rings (SSSR count). The van der Waals surface area contributed by atoms with Crippen molar-refractivity contribution < 1.29 is 45.8 Å². The van der Waals surface area contributed by atoms with E-state index in [2.05, 4.69) is 16.0 Å². The molecule has 0 aliphatic rings. The molecule has 0 bridgehead atoms. The molecule has 0 unspecified atom stereocenters. The average Bonchev–Trinajstić information content (AvgIpc) is 3.01. The minimum absolute atomic E-state index is 0.0761. The maximum Gasteiger partial charge on any atom is 0.416 e. The molecule has 0 fully saturated rings. The van der Waals surface area contributed by atoms with Crippen LogP contribution in [0.25, 0.3) is 0 Å². The summed E-state index contributed by atoms with van der Waals surface area (Å²) < 4.78 is 74.8. The summed E-state index contributed by atoms with van der Waals surface area (Å²) in [5, 5.41) is 8.01. The van der Waals surface area contributed by atoms with Crippen molar-refractivity contribution in [1.82, 2.24) is 5.32 Å². The normalized spacial score (nSPS) is 12.2. The van der Waals surface area contributed by atoms with E-state index in [1.807, 2.05) is 0 Å². The molecule has 0 aliphatic carbocycles. The number of rotatable bonds is 16. The first kappa shape index (κ1) is 34.4. The van der Waals surface area contributed by atoms with E-state index in [-0.39, 0.29) is 50.6 Å². The number of anilines is 2. The van der Waals surface area contributed by atoms with Crippen LogP contribution in [0.2, 0.25) is 0 Å². The van der Waals surface area contributed by atoms with Crippen LogP contribution in [0, 0.1) is 0 Å². The zero-order chi connectivity index (χ0) is 32.0. The zero-order valence-corrected chi connectivity index (χ0v) is 25.2. The summed E-state index contributed by atoms with van der Waals surface area (Å²) in [6.45, 7) is 2.90. The Bertz CT molecular complexity index is 1390. The Hall–Kier alpha value is -4.06. The minimum Gasteiger partial charge on any atom is -0.459 e. The molecule has 0 aromatic heterocycles. The van der Waals surface area contributed by atoms with Gasteiger partial charge in [0.25, 0.3) is 0 Å². The van der Waals surface area contributed by atoms with E-state index in [1.165, 1.54) is 0 Å². The lowest BCUT2D eigenvalue weighted by Crippen LogP contribution is -2.46. The highest BCUT2D eigenvalue weighted by Gasteiger charge is 2.32. The minimum atomic E-state index is -4.67. The van der Waals surface area contributed by atoms with Crippen LogP contribution in [0.3, 0.4) is 0 Å². The number of amides is 1. The molecule has 0 heterocycles. The molecule has 0 aliphatic heterocycles. The van der Waals surface area contributed by atoms with Crippen LogP contribution in [0.15, 0.2) is 78.9 Å². The number of nitrogens with one attached hydrogen (secondary N) is 3. The number of ether oxygens (including phenoxy) is 2. The fraction of sp³-hybridized carbons (Fsp3) is 0.333. The second kappa shape index (κ2) is 16.7. The van der Waals surface area contributed by atoms with Gasteiger partial charge >= 0.3 is 25.8 Å². The number of alkyl halides is 3. The first-order valence-corrected chi connectivity index (χ1v) is 15.5. The topological polar surface area (TPSA) is 124 Å². The Balaban J connectivity index is 1.79. The summed E-state index contributed by atoms with van der Waals surface area (Å²) >= 11 is 0. The van der Waals surface area contributed by atoms with Crippen molar-refractivity contribution in [3.8, 4) is 0 Å². The van der Waals surface area contributed by atoms with Crippen molar-refractivity contribution in [2.45, 2.75) is 39.3 Å². The second-order valence-corrected chi connectivity index (χ2v) is 11.3. The number of alkyl carbamates (subject to hydrolysis) is 1. The summed E-state index contributed by atoms with van der Waals surface area (Å²) in [4.78, 5) is 25.7. The van der Waals surface area contributed by atoms with E-state index in [9.17, 15) is 27.3 Å². The summed E-state index contributed by atoms with van der Waals surface area (Å²) in [5.74, 6) is -0.850. The predicted octanol–water partition coefficient (Wildman–Crippen LogP) is 6.79. The molecular weight excluding hydrogens is 602 g/mol. The third kappa shape index (κ3) is 11.2. The lowest BCUT2D eigenvalue weighted by Gasteiger charge is -2.22. The fourth-order valence-electron chi connectivity index (χ4n) is 3.87. The van der Waals surface area contributed by atoms with Gasteiger partial charge in [0.05, 0.1) is 30.2 Å². The third-order valence-corrected chi connectivity index (χ3v) is 7.82. The molecular formula is C30H35F3N3O7P. The SMILES string of the molecule is CCOP(=O)(CNc1ccc(C(F)(F)F)cc1NC[C@@H](NC(=O)OCc1ccccc1)C(=O)OCc1ccccc1)OCC. The van der Waals surface area contributed by atoms with Gasteiger partial charge in [0.1, 0.15) is 25.5 Å². The molecule has 0 spiro atoms. The zero-order valence-electron chi connectivity index (χ0n) is 24.3. The van der Waals surface area contributed by atoms with Crippen LogP contribution in [0.4, 0.5) is 29.3 Å². The lowest BCUT2D eigenvalue weighted by molar-refractivity contribution is -0.147. The van der Waals surface area contributed by atoms with Gasteiger partial charge in [0.15, 0.2) is 0 Å². The molecule has 14 heteroatoms. The predicted molar refractivity (Wildman–Crippen MR) is 159 cm³/mol. The Morgan fingerprint density at radius 2 is 1.36 bits per heavy atom. The van der Waals surface area contributed by atoms with E-state index in [4.69, 9.17) is 18.5 Å². The largest absolute Gasteiger partial charge is 0.459 e. The number of hydrogen-bond acceptors (Lipinski definition) is 9. The first-order valence-electron chi connectivity index (χ1n) is 13.8. The highest BCUT2D eigenvalue weighted by Crippen LogP contribution is 2.48. The number of hydrogen-bond donors (Lipinski definition) is 3. The molecule has 238 valence electrons. The summed E-state index contributed by atoms with van der Waals surface area (Å²) in [6, 6.07) is 19.1. The van der Waals surface area contributed by atoms with Gasteiger partial charge in [-0.1, -0.05) is 60.7 Å². The Morgan fingerprint density at radius 3 is 1.91 bits per heavy atom. The maximum absolute atomic E-state index is 13.6. The van der Waals surface area contributed by atoms with E-state index < -0.39 is 37.4 Å². The molecule has 1 amide bonds. The molecule has 1 atom stereocenters. The van der Waals surface area contributed by atoms with Crippen LogP contribution < -0.4 is 16.0 Å². The van der Waals surface area contributed by atoms with Gasteiger partial charge < -0.3 is 34.5 Å². The highest BCUT2D eigenvalue weighted by atomic mass is 31.2. The number of carbonyl (C=O) groups excluding carboxylic acids is 2. The Kier molecular flexibility index (Phi) is 13.1. The van der Waals surface area contributed by atoms with E-state index in [0.717, 1.165) is 18.2 Å². The standard InChI is InChI=1S/C30H35F3N3O7P/c1-3-42-44(39,43-4-2)21-35-25-16-15-24(30(31,32)33)17-26(25)34-18-27(28(37)40-19-22-11-7-5-8-12-22)36-29(38)41-20-23-13-9-6-10-14-23/h5-17,27,34-35H,3-4,18-21H2,1-2H3,(H,36,38)/t27-/m1/s1. The second-order valence-electron chi connectivity index (χ2n) is 9.27. The molecule has 3 aromatic rings. The van der Waals surface area contributed by atoms with Crippen molar-refractivity contribution in [3.05, 3.63) is 95.6 Å². The van der Waals surface area contributed by atoms with Gasteiger partial charge in [-0.05, 0) is 43.2 Å². The molecule has 0 saturated carbocycles. The first-order chi connectivity index (χ1) is 21.0. The van der Waals surface area contributed by atoms with Crippen LogP contribution in [0.5, 0.6) is 0 Å². The van der Waals surface area contributed by atoms with Gasteiger partial charge in [0, 0.05) is 6.54 Å². The summed E-state index contributed by atoms with van der Waals surface area (Å²) in [5.41, 5.74) is 0.471. The van der Waals surface area contributed by atoms with Crippen molar-refractivity contribution in [3.63, 3.8) is 0 Å². The van der Waals surface area contributed by atoms with Gasteiger partial charge in [0.2, 0.25) is 0 Å². The van der Waals surface area contributed by atoms with Gasteiger partial charge in [-0.3, -0.25) is 4.57 Å². The molecule has 44 heavy (non-hydrogen) atoms. The van der Waals surface area contributed by atoms with Crippen molar-refractivity contribution in [2.24, 2.45) is 0 Å². The lowest BCUT2D eigenvalue weighted by atomic mass is 10.1. The van der Waals surface area contributed by atoms with Crippen LogP contribution in [-0.4, -0.2) is 44.1 Å².